The van der Waals surface area contributed by atoms with Gasteiger partial charge in [0.05, 0.1) is 14.2 Å². The molecule has 262 valence electrons. The van der Waals surface area contributed by atoms with E-state index < -0.39 is 0 Å². The van der Waals surface area contributed by atoms with E-state index in [1.54, 1.807) is 36.2 Å². The van der Waals surface area contributed by atoms with Crippen LogP contribution in [0.2, 0.25) is 0 Å². The number of anilines is 2. The molecule has 4 amide bonds. The summed E-state index contributed by atoms with van der Waals surface area (Å²) in [5, 5.41) is 6.10. The van der Waals surface area contributed by atoms with Crippen molar-refractivity contribution in [2.45, 2.75) is 50.1 Å². The molecule has 4 aromatic carbocycles. The second-order valence-electron chi connectivity index (χ2n) is 12.8. The van der Waals surface area contributed by atoms with Gasteiger partial charge in [-0.25, -0.2) is 9.59 Å². The molecule has 9 nitrogen and oxygen atoms in total. The molecular formula is C41H49N5O4. The number of nitrogens with one attached hydrogen (secondary N) is 2. The number of benzene rings is 4. The molecule has 1 aliphatic carbocycles. The number of nitrogens with two attached hydrogens (primary N) is 1. The average Bonchev–Trinajstić information content (AvgIpc) is 3.14. The van der Waals surface area contributed by atoms with Crippen LogP contribution in [0.3, 0.4) is 0 Å². The van der Waals surface area contributed by atoms with Gasteiger partial charge < -0.3 is 35.6 Å². The molecule has 50 heavy (non-hydrogen) atoms. The zero-order chi connectivity index (χ0) is 35.3. The van der Waals surface area contributed by atoms with E-state index in [9.17, 15) is 9.59 Å². The van der Waals surface area contributed by atoms with E-state index in [-0.39, 0.29) is 43.2 Å². The molecular weight excluding hydrogens is 626 g/mol. The first-order valence-corrected chi connectivity index (χ1v) is 17.3. The highest BCUT2D eigenvalue weighted by atomic mass is 16.5. The first kappa shape index (κ1) is 36.0. The molecule has 2 atom stereocenters. The Balaban J connectivity index is 1.38. The molecule has 1 fully saturated rings. The van der Waals surface area contributed by atoms with Crippen LogP contribution in [0.5, 0.6) is 11.5 Å². The number of amides is 4. The Morgan fingerprint density at radius 1 is 0.760 bits per heavy atom. The van der Waals surface area contributed by atoms with Crippen LogP contribution in [-0.2, 0) is 0 Å². The Hall–Kier alpha value is -5.28. The number of carbonyl (C=O) groups is 2. The van der Waals surface area contributed by atoms with Gasteiger partial charge in [-0.05, 0) is 60.2 Å². The highest BCUT2D eigenvalue weighted by Gasteiger charge is 2.32. The molecule has 4 N–H and O–H groups in total. The van der Waals surface area contributed by atoms with Gasteiger partial charge in [0.25, 0.3) is 0 Å². The molecule has 1 saturated carbocycles. The van der Waals surface area contributed by atoms with Crippen molar-refractivity contribution in [3.8, 4) is 11.5 Å². The van der Waals surface area contributed by atoms with Crippen LogP contribution in [0.15, 0.2) is 121 Å². The fraction of sp³-hybridized carbons (Fsp3) is 0.317. The molecule has 0 aromatic heterocycles. The van der Waals surface area contributed by atoms with Crippen molar-refractivity contribution in [3.63, 3.8) is 0 Å². The summed E-state index contributed by atoms with van der Waals surface area (Å²) in [5.41, 5.74) is 11.0. The Kier molecular flexibility index (Phi) is 12.9. The summed E-state index contributed by atoms with van der Waals surface area (Å²) >= 11 is 0. The van der Waals surface area contributed by atoms with E-state index in [0.29, 0.717) is 35.8 Å². The van der Waals surface area contributed by atoms with Crippen molar-refractivity contribution in [2.75, 3.05) is 44.5 Å². The Bertz CT molecular complexity index is 1660. The smallest absolute Gasteiger partial charge is 0.322 e. The number of hydrogen-bond donors (Lipinski definition) is 3. The second kappa shape index (κ2) is 17.9. The standard InChI is InChI=1S/C41H49N5O4/c1-30(29-46(39-23-11-10-22-38(39)42)41(48)44-34-19-13-21-36(27-34)50-3)28-45(40(47)43-33-18-12-20-35(26-33)49-2)25-24-37(31-14-6-4-7-15-31)32-16-8-5-9-17-32/h4-9,12-21,26-27,37-39H,1,10-11,22-25,28-29,42H2,2-3H3,(H,43,47)(H,44,48)/t38-,39-/m1/s1. The topological polar surface area (TPSA) is 109 Å². The van der Waals surface area contributed by atoms with Gasteiger partial charge in [-0.1, -0.05) is 92.2 Å². The maximum absolute atomic E-state index is 14.0. The first-order valence-electron chi connectivity index (χ1n) is 17.3. The monoisotopic (exact) mass is 675 g/mol. The number of methoxy groups -OCH3 is 2. The lowest BCUT2D eigenvalue weighted by Crippen LogP contribution is -2.54. The fourth-order valence-corrected chi connectivity index (χ4v) is 6.66. The van der Waals surface area contributed by atoms with Crippen LogP contribution in [0.25, 0.3) is 0 Å². The number of nitrogens with zero attached hydrogens (tertiary/aromatic N) is 2. The number of ether oxygens (including phenoxy) is 2. The van der Waals surface area contributed by atoms with Crippen LogP contribution in [0.1, 0.15) is 49.1 Å². The van der Waals surface area contributed by atoms with Gasteiger partial charge in [0.2, 0.25) is 0 Å². The van der Waals surface area contributed by atoms with Crippen LogP contribution in [0, 0.1) is 0 Å². The summed E-state index contributed by atoms with van der Waals surface area (Å²) in [6.07, 6.45) is 4.35. The molecule has 1 aliphatic rings. The molecule has 0 aliphatic heterocycles. The van der Waals surface area contributed by atoms with Crippen molar-refractivity contribution in [1.29, 1.82) is 0 Å². The number of carbonyl (C=O) groups excluding carboxylic acids is 2. The second-order valence-corrected chi connectivity index (χ2v) is 12.8. The minimum Gasteiger partial charge on any atom is -0.497 e. The normalized spacial score (nSPS) is 15.5. The van der Waals surface area contributed by atoms with Crippen molar-refractivity contribution in [1.82, 2.24) is 9.80 Å². The summed E-state index contributed by atoms with van der Waals surface area (Å²) in [4.78, 5) is 31.5. The fourth-order valence-electron chi connectivity index (χ4n) is 6.66. The van der Waals surface area contributed by atoms with Gasteiger partial charge >= 0.3 is 12.1 Å². The van der Waals surface area contributed by atoms with Crippen molar-refractivity contribution < 1.29 is 19.1 Å². The van der Waals surface area contributed by atoms with Gasteiger partial charge in [0.15, 0.2) is 0 Å². The third-order valence-corrected chi connectivity index (χ3v) is 9.27. The molecule has 0 unspecified atom stereocenters. The molecule has 4 aromatic rings. The van der Waals surface area contributed by atoms with Gasteiger partial charge in [-0.15, -0.1) is 0 Å². The summed E-state index contributed by atoms with van der Waals surface area (Å²) < 4.78 is 10.7. The highest BCUT2D eigenvalue weighted by Crippen LogP contribution is 2.29. The lowest BCUT2D eigenvalue weighted by molar-refractivity contribution is 0.160. The quantitative estimate of drug-likeness (QED) is 0.117. The van der Waals surface area contributed by atoms with E-state index >= 15 is 0 Å². The number of rotatable bonds is 14. The number of hydrogen-bond acceptors (Lipinski definition) is 5. The maximum atomic E-state index is 14.0. The minimum absolute atomic E-state index is 0.0724. The van der Waals surface area contributed by atoms with Gasteiger partial charge in [0.1, 0.15) is 11.5 Å². The Labute approximate surface area is 296 Å². The van der Waals surface area contributed by atoms with E-state index in [4.69, 9.17) is 15.2 Å². The summed E-state index contributed by atoms with van der Waals surface area (Å²) in [6, 6.07) is 34.4. The zero-order valence-corrected chi connectivity index (χ0v) is 29.1. The predicted octanol–water partition coefficient (Wildman–Crippen LogP) is 8.12. The van der Waals surface area contributed by atoms with Crippen molar-refractivity contribution in [3.05, 3.63) is 132 Å². The van der Waals surface area contributed by atoms with Crippen LogP contribution >= 0.6 is 0 Å². The predicted molar refractivity (Wildman–Crippen MR) is 201 cm³/mol. The maximum Gasteiger partial charge on any atom is 0.322 e. The summed E-state index contributed by atoms with van der Waals surface area (Å²) in [6.45, 7) is 5.35. The van der Waals surface area contributed by atoms with Gasteiger partial charge in [0, 0.05) is 61.1 Å². The average molecular weight is 676 g/mol. The van der Waals surface area contributed by atoms with E-state index in [2.05, 4.69) is 41.5 Å². The number of urea groups is 2. The Morgan fingerprint density at radius 3 is 1.84 bits per heavy atom. The third kappa shape index (κ3) is 9.89. The Morgan fingerprint density at radius 2 is 1.30 bits per heavy atom. The van der Waals surface area contributed by atoms with Crippen molar-refractivity contribution in [2.24, 2.45) is 5.73 Å². The zero-order valence-electron chi connectivity index (χ0n) is 29.1. The molecule has 0 radical (unpaired) electrons. The summed E-state index contributed by atoms with van der Waals surface area (Å²) in [5.74, 6) is 1.37. The van der Waals surface area contributed by atoms with E-state index in [0.717, 1.165) is 31.3 Å². The van der Waals surface area contributed by atoms with E-state index in [1.807, 2.05) is 72.8 Å². The molecule has 0 bridgehead atoms. The van der Waals surface area contributed by atoms with Gasteiger partial charge in [-0.3, -0.25) is 0 Å². The minimum atomic E-state index is -0.263. The lowest BCUT2D eigenvalue weighted by Gasteiger charge is -2.39. The van der Waals surface area contributed by atoms with Crippen molar-refractivity contribution >= 4 is 23.4 Å². The molecule has 9 heteroatoms. The molecule has 0 heterocycles. The largest absolute Gasteiger partial charge is 0.497 e. The van der Waals surface area contributed by atoms with Gasteiger partial charge in [-0.2, -0.15) is 0 Å². The SMILES string of the molecule is C=C(CN(CCC(c1ccccc1)c1ccccc1)C(=O)Nc1cccc(OC)c1)CN(C(=O)Nc1cccc(OC)c1)[C@@H]1CCCC[C@H]1N. The lowest BCUT2D eigenvalue weighted by atomic mass is 9.88. The first-order chi connectivity index (χ1) is 24.3. The van der Waals surface area contributed by atoms with Crippen LogP contribution < -0.4 is 25.8 Å². The highest BCUT2D eigenvalue weighted by molar-refractivity contribution is 5.91. The third-order valence-electron chi connectivity index (χ3n) is 9.27. The summed E-state index contributed by atoms with van der Waals surface area (Å²) in [7, 11) is 3.19. The van der Waals surface area contributed by atoms with E-state index in [1.165, 1.54) is 11.1 Å². The molecule has 5 rings (SSSR count). The van der Waals surface area contributed by atoms with Crippen LogP contribution in [0.4, 0.5) is 21.0 Å². The van der Waals surface area contributed by atoms with Crippen LogP contribution in [-0.4, -0.2) is 67.8 Å². The molecule has 0 saturated heterocycles. The molecule has 0 spiro atoms.